The van der Waals surface area contributed by atoms with Gasteiger partial charge in [-0.25, -0.2) is 14.1 Å². The molecule has 6 heteroatoms. The van der Waals surface area contributed by atoms with Gasteiger partial charge in [-0.3, -0.25) is 5.41 Å². The summed E-state index contributed by atoms with van der Waals surface area (Å²) in [5.74, 6) is 0. The highest BCUT2D eigenvalue weighted by Crippen LogP contribution is 2.56. The summed E-state index contributed by atoms with van der Waals surface area (Å²) < 4.78 is 10.9. The van der Waals surface area contributed by atoms with E-state index in [9.17, 15) is 0 Å². The van der Waals surface area contributed by atoms with Crippen LogP contribution < -0.4 is 0 Å². The van der Waals surface area contributed by atoms with E-state index < -0.39 is 7.51 Å². The van der Waals surface area contributed by atoms with Gasteiger partial charge in [0.1, 0.15) is 0 Å². The molecule has 100 valence electrons. The van der Waals surface area contributed by atoms with Gasteiger partial charge >= 0.3 is 0 Å². The molecule has 18 heavy (non-hydrogen) atoms. The molecule has 0 aliphatic carbocycles. The Balaban J connectivity index is 3.44. The minimum Gasteiger partial charge on any atom is -0.309 e. The Morgan fingerprint density at radius 3 is 1.89 bits per heavy atom. The predicted molar refractivity (Wildman–Crippen MR) is 79.4 cm³/mol. The number of rotatable bonds is 5. The van der Waals surface area contributed by atoms with E-state index >= 15 is 0 Å². The van der Waals surface area contributed by atoms with Crippen LogP contribution in [0.5, 0.6) is 0 Å². The molecule has 1 N–H and O–H groups in total. The van der Waals surface area contributed by atoms with E-state index in [0.717, 1.165) is 5.69 Å². The summed E-state index contributed by atoms with van der Waals surface area (Å²) in [4.78, 5) is 0. The molecule has 0 spiro atoms. The molecule has 0 unspecified atom stereocenters. The molecule has 0 saturated heterocycles. The van der Waals surface area contributed by atoms with E-state index in [1.54, 1.807) is 0 Å². The molecule has 0 bridgehead atoms. The highest BCUT2D eigenvalue weighted by molar-refractivity contribution is 7.59. The minimum absolute atomic E-state index is 0.932. The molecule has 0 aliphatic heterocycles. The lowest BCUT2D eigenvalue weighted by Crippen LogP contribution is -2.31. The van der Waals surface area contributed by atoms with Crippen molar-refractivity contribution < 1.29 is 0 Å². The molecule has 0 atom stereocenters. The SMILES string of the molecule is CN(C)P(=Nc1ccccc1)(N(C)C)N(C)C=N. The Hall–Kier alpha value is -1.16. The van der Waals surface area contributed by atoms with Gasteiger partial charge < -0.3 is 4.67 Å². The summed E-state index contributed by atoms with van der Waals surface area (Å²) >= 11 is 0. The number of nitrogens with one attached hydrogen (secondary N) is 1. The Morgan fingerprint density at radius 2 is 1.50 bits per heavy atom. The Kier molecular flexibility index (Phi) is 5.08. The van der Waals surface area contributed by atoms with E-state index in [4.69, 9.17) is 10.2 Å². The first kappa shape index (κ1) is 14.9. The summed E-state index contributed by atoms with van der Waals surface area (Å²) in [6.07, 6.45) is 1.33. The van der Waals surface area contributed by atoms with Crippen LogP contribution in [-0.4, -0.2) is 55.6 Å². The number of hydrogen-bond donors (Lipinski definition) is 1. The van der Waals surface area contributed by atoms with E-state index in [2.05, 4.69) is 9.34 Å². The van der Waals surface area contributed by atoms with Crippen LogP contribution in [0.4, 0.5) is 5.69 Å². The normalized spacial score (nSPS) is 11.7. The lowest BCUT2D eigenvalue weighted by Gasteiger charge is -2.41. The second kappa shape index (κ2) is 6.14. The van der Waals surface area contributed by atoms with Crippen LogP contribution in [0.1, 0.15) is 0 Å². The Bertz CT molecular complexity index is 429. The quantitative estimate of drug-likeness (QED) is 0.507. The molecule has 0 saturated carbocycles. The highest BCUT2D eigenvalue weighted by atomic mass is 31.2. The maximum Gasteiger partial charge on any atom is 0.197 e. The van der Waals surface area contributed by atoms with Crippen molar-refractivity contribution in [1.29, 1.82) is 5.41 Å². The first-order valence-electron chi connectivity index (χ1n) is 5.72. The van der Waals surface area contributed by atoms with Crippen LogP contribution in [0.25, 0.3) is 0 Å². The number of nitrogens with zero attached hydrogens (tertiary/aromatic N) is 4. The molecule has 1 aromatic rings. The maximum atomic E-state index is 7.53. The van der Waals surface area contributed by atoms with Crippen molar-refractivity contribution in [2.24, 2.45) is 4.74 Å². The van der Waals surface area contributed by atoms with Gasteiger partial charge in [-0.15, -0.1) is 0 Å². The fraction of sp³-hybridized carbons (Fsp3) is 0.417. The summed E-state index contributed by atoms with van der Waals surface area (Å²) in [5, 5.41) is 7.53. The molecular formula is C12H22N5P. The van der Waals surface area contributed by atoms with Crippen molar-refractivity contribution in [2.45, 2.75) is 0 Å². The fourth-order valence-corrected chi connectivity index (χ4v) is 4.84. The number of benzene rings is 1. The third kappa shape index (κ3) is 2.80. The second-order valence-electron chi connectivity index (χ2n) is 4.37. The van der Waals surface area contributed by atoms with Crippen LogP contribution >= 0.6 is 7.51 Å². The molecule has 0 fully saturated rings. The standard InChI is InChI=1S/C12H22N5P/c1-15(2)18(16(3)4,17(5)11-13)14-12-9-7-6-8-10-12/h6-11,13H,1-5H3. The van der Waals surface area contributed by atoms with Gasteiger partial charge in [0.05, 0.1) is 12.0 Å². The number of hydrogen-bond acceptors (Lipinski definition) is 2. The van der Waals surface area contributed by atoms with Crippen LogP contribution in [0, 0.1) is 5.41 Å². The van der Waals surface area contributed by atoms with Crippen molar-refractivity contribution in [1.82, 2.24) is 14.0 Å². The molecule has 0 amide bonds. The first-order valence-corrected chi connectivity index (χ1v) is 7.32. The Morgan fingerprint density at radius 1 is 1.00 bits per heavy atom. The Labute approximate surface area is 110 Å². The van der Waals surface area contributed by atoms with Crippen molar-refractivity contribution >= 4 is 19.5 Å². The van der Waals surface area contributed by atoms with Gasteiger partial charge in [0.2, 0.25) is 0 Å². The smallest absolute Gasteiger partial charge is 0.197 e. The zero-order valence-corrected chi connectivity index (χ0v) is 12.6. The molecule has 0 radical (unpaired) electrons. The van der Waals surface area contributed by atoms with Gasteiger partial charge in [0.25, 0.3) is 0 Å². The first-order chi connectivity index (χ1) is 8.45. The van der Waals surface area contributed by atoms with Crippen molar-refractivity contribution in [2.75, 3.05) is 35.2 Å². The lowest BCUT2D eigenvalue weighted by atomic mass is 10.3. The molecule has 0 aromatic heterocycles. The minimum atomic E-state index is -2.07. The molecular weight excluding hydrogens is 245 g/mol. The van der Waals surface area contributed by atoms with Crippen LogP contribution in [0.3, 0.4) is 0 Å². The van der Waals surface area contributed by atoms with Gasteiger partial charge in [0, 0.05) is 7.05 Å². The van der Waals surface area contributed by atoms with Gasteiger partial charge in [-0.05, 0) is 40.3 Å². The largest absolute Gasteiger partial charge is 0.309 e. The maximum absolute atomic E-state index is 7.53. The van der Waals surface area contributed by atoms with Gasteiger partial charge in [-0.2, -0.15) is 0 Å². The summed E-state index contributed by atoms with van der Waals surface area (Å²) in [6, 6.07) is 9.90. The molecule has 0 aliphatic rings. The predicted octanol–water partition coefficient (Wildman–Crippen LogP) is 2.93. The highest BCUT2D eigenvalue weighted by Gasteiger charge is 2.29. The second-order valence-corrected chi connectivity index (χ2v) is 7.87. The van der Waals surface area contributed by atoms with Gasteiger partial charge in [-0.1, -0.05) is 18.2 Å². The molecule has 1 aromatic carbocycles. The summed E-state index contributed by atoms with van der Waals surface area (Å²) in [5.41, 5.74) is 0.932. The van der Waals surface area contributed by atoms with E-state index in [-0.39, 0.29) is 0 Å². The third-order valence-electron chi connectivity index (χ3n) is 2.69. The van der Waals surface area contributed by atoms with E-state index in [0.29, 0.717) is 0 Å². The van der Waals surface area contributed by atoms with Gasteiger partial charge in [0.15, 0.2) is 7.51 Å². The zero-order valence-electron chi connectivity index (χ0n) is 11.7. The van der Waals surface area contributed by atoms with E-state index in [1.807, 2.05) is 70.2 Å². The molecule has 0 heterocycles. The topological polar surface area (TPSA) is 45.9 Å². The third-order valence-corrected chi connectivity index (χ3v) is 6.30. The molecule has 1 rings (SSSR count). The van der Waals surface area contributed by atoms with Crippen molar-refractivity contribution in [3.8, 4) is 0 Å². The summed E-state index contributed by atoms with van der Waals surface area (Å²) in [7, 11) is 7.83. The monoisotopic (exact) mass is 267 g/mol. The van der Waals surface area contributed by atoms with Crippen molar-refractivity contribution in [3.05, 3.63) is 30.3 Å². The van der Waals surface area contributed by atoms with Crippen LogP contribution in [0.2, 0.25) is 0 Å². The molecule has 5 nitrogen and oxygen atoms in total. The average Bonchev–Trinajstić information content (AvgIpc) is 2.35. The van der Waals surface area contributed by atoms with Crippen LogP contribution in [-0.2, 0) is 0 Å². The average molecular weight is 267 g/mol. The van der Waals surface area contributed by atoms with E-state index in [1.165, 1.54) is 6.34 Å². The fourth-order valence-electron chi connectivity index (χ4n) is 1.90. The van der Waals surface area contributed by atoms with Crippen molar-refractivity contribution in [3.63, 3.8) is 0 Å². The van der Waals surface area contributed by atoms with Crippen LogP contribution in [0.15, 0.2) is 35.1 Å². The zero-order chi connectivity index (χ0) is 13.8. The summed E-state index contributed by atoms with van der Waals surface area (Å²) in [6.45, 7) is 0. The lowest BCUT2D eigenvalue weighted by molar-refractivity contribution is 0.509.